The molecule has 1 atom stereocenters. The lowest BCUT2D eigenvalue weighted by Crippen LogP contribution is -2.39. The van der Waals surface area contributed by atoms with Crippen molar-refractivity contribution in [1.82, 2.24) is 4.90 Å². The Labute approximate surface area is 117 Å². The molecule has 0 aliphatic heterocycles. The predicted molar refractivity (Wildman–Crippen MR) is 79.2 cm³/mol. The van der Waals surface area contributed by atoms with Gasteiger partial charge in [-0.3, -0.25) is 0 Å². The second-order valence-corrected chi connectivity index (χ2v) is 5.57. The highest BCUT2D eigenvalue weighted by atomic mass is 32.2. The summed E-state index contributed by atoms with van der Waals surface area (Å²) in [6.45, 7) is 1.64. The van der Waals surface area contributed by atoms with Crippen molar-refractivity contribution in [1.29, 1.82) is 0 Å². The lowest BCUT2D eigenvalue weighted by molar-refractivity contribution is -0.140. The van der Waals surface area contributed by atoms with Gasteiger partial charge in [0, 0.05) is 24.1 Å². The quantitative estimate of drug-likeness (QED) is 0.642. The van der Waals surface area contributed by atoms with Crippen LogP contribution in [0.2, 0.25) is 0 Å². The van der Waals surface area contributed by atoms with Crippen LogP contribution >= 0.6 is 24.0 Å². The average molecular weight is 283 g/mol. The Morgan fingerprint density at radius 1 is 1.44 bits per heavy atom. The van der Waals surface area contributed by atoms with Crippen molar-refractivity contribution in [3.05, 3.63) is 30.3 Å². The molecule has 0 spiro atoms. The molecule has 0 aromatic heterocycles. The van der Waals surface area contributed by atoms with E-state index < -0.39 is 12.0 Å². The molecule has 0 radical (unpaired) electrons. The molecular weight excluding hydrogens is 266 g/mol. The molecule has 0 bridgehead atoms. The zero-order valence-electron chi connectivity index (χ0n) is 10.5. The van der Waals surface area contributed by atoms with Gasteiger partial charge >= 0.3 is 5.97 Å². The molecule has 0 saturated carbocycles. The number of hydrogen-bond donors (Lipinski definition) is 1. The van der Waals surface area contributed by atoms with E-state index >= 15 is 0 Å². The molecule has 0 aliphatic carbocycles. The highest BCUT2D eigenvalue weighted by Crippen LogP contribution is 2.18. The van der Waals surface area contributed by atoms with E-state index in [4.69, 9.17) is 17.3 Å². The van der Waals surface area contributed by atoms with Crippen LogP contribution in [0, 0.1) is 0 Å². The maximum Gasteiger partial charge on any atom is 0.326 e. The van der Waals surface area contributed by atoms with Crippen molar-refractivity contribution in [2.45, 2.75) is 24.3 Å². The van der Waals surface area contributed by atoms with Gasteiger partial charge in [0.05, 0.1) is 4.99 Å². The number of carboxylic acid groups (broad SMARTS) is 1. The molecule has 0 saturated heterocycles. The number of carboxylic acids is 1. The number of carbonyl (C=O) groups is 1. The van der Waals surface area contributed by atoms with Gasteiger partial charge < -0.3 is 10.0 Å². The summed E-state index contributed by atoms with van der Waals surface area (Å²) in [5.74, 6) is 0.00931. The van der Waals surface area contributed by atoms with E-state index in [-0.39, 0.29) is 0 Å². The smallest absolute Gasteiger partial charge is 0.326 e. The molecule has 5 heteroatoms. The molecule has 0 unspecified atom stereocenters. The molecule has 3 nitrogen and oxygen atoms in total. The van der Waals surface area contributed by atoms with Crippen molar-refractivity contribution in [2.24, 2.45) is 0 Å². The molecule has 0 amide bonds. The summed E-state index contributed by atoms with van der Waals surface area (Å²) in [7, 11) is 1.73. The minimum atomic E-state index is -0.851. The number of thiocarbonyl (C=S) groups is 1. The fourth-order valence-electron chi connectivity index (χ4n) is 1.33. The Kier molecular flexibility index (Phi) is 6.15. The first-order valence-electron chi connectivity index (χ1n) is 5.68. The molecular formula is C13H17NO2S2. The lowest BCUT2D eigenvalue weighted by atomic mass is 10.3. The molecule has 0 heterocycles. The van der Waals surface area contributed by atoms with Gasteiger partial charge in [-0.2, -0.15) is 0 Å². The summed E-state index contributed by atoms with van der Waals surface area (Å²) in [4.78, 5) is 14.4. The lowest BCUT2D eigenvalue weighted by Gasteiger charge is -2.24. The fraction of sp³-hybridized carbons (Fsp3) is 0.385. The number of hydrogen-bond acceptors (Lipinski definition) is 3. The van der Waals surface area contributed by atoms with Gasteiger partial charge in [0.2, 0.25) is 0 Å². The zero-order valence-corrected chi connectivity index (χ0v) is 12.1. The van der Waals surface area contributed by atoms with Gasteiger partial charge in [-0.05, 0) is 19.1 Å². The van der Waals surface area contributed by atoms with E-state index in [1.165, 1.54) is 4.90 Å². The highest BCUT2D eigenvalue weighted by molar-refractivity contribution is 7.99. The van der Waals surface area contributed by atoms with Gasteiger partial charge in [0.25, 0.3) is 0 Å². The minimum Gasteiger partial charge on any atom is -0.480 e. The summed E-state index contributed by atoms with van der Waals surface area (Å²) in [5, 5.41) is 8.90. The van der Waals surface area contributed by atoms with Gasteiger partial charge in [-0.1, -0.05) is 30.4 Å². The Bertz CT molecular complexity index is 409. The molecule has 18 heavy (non-hydrogen) atoms. The van der Waals surface area contributed by atoms with Crippen molar-refractivity contribution in [2.75, 3.05) is 12.8 Å². The Morgan fingerprint density at radius 2 is 2.06 bits per heavy atom. The summed E-state index contributed by atoms with van der Waals surface area (Å²) < 4.78 is 0. The van der Waals surface area contributed by atoms with Crippen LogP contribution in [0.4, 0.5) is 0 Å². The van der Waals surface area contributed by atoms with Crippen LogP contribution in [-0.2, 0) is 4.79 Å². The van der Waals surface area contributed by atoms with Crippen LogP contribution < -0.4 is 0 Å². The van der Waals surface area contributed by atoms with Crippen LogP contribution in [0.3, 0.4) is 0 Å². The van der Waals surface area contributed by atoms with Crippen molar-refractivity contribution < 1.29 is 9.90 Å². The summed E-state index contributed by atoms with van der Waals surface area (Å²) in [6, 6.07) is 9.52. The monoisotopic (exact) mass is 283 g/mol. The summed E-state index contributed by atoms with van der Waals surface area (Å²) in [6.07, 6.45) is 0.711. The number of likely N-dealkylation sites (N-methyl/N-ethyl adjacent to an activating group) is 1. The standard InChI is InChI=1S/C13H17NO2S2/c1-10(13(15)16)14(2)12(17)8-9-18-11-6-4-3-5-7-11/h3-7,10H,8-9H2,1-2H3,(H,15,16)/t10-/m0/s1. The normalized spacial score (nSPS) is 11.9. The highest BCUT2D eigenvalue weighted by Gasteiger charge is 2.18. The third-order valence-electron chi connectivity index (χ3n) is 2.66. The number of thioether (sulfide) groups is 1. The van der Waals surface area contributed by atoms with Gasteiger partial charge in [-0.25, -0.2) is 4.79 Å². The first-order valence-corrected chi connectivity index (χ1v) is 7.08. The van der Waals surface area contributed by atoms with E-state index in [1.807, 2.05) is 18.2 Å². The van der Waals surface area contributed by atoms with Crippen LogP contribution in [0.25, 0.3) is 0 Å². The number of rotatable bonds is 6. The van der Waals surface area contributed by atoms with Crippen LogP contribution in [-0.4, -0.2) is 39.8 Å². The SMILES string of the molecule is C[C@@H](C(=O)O)N(C)C(=S)CCSc1ccccc1. The molecule has 0 aliphatic rings. The summed E-state index contributed by atoms with van der Waals surface area (Å²) in [5.41, 5.74) is 0. The first kappa shape index (κ1) is 15.0. The largest absolute Gasteiger partial charge is 0.480 e. The first-order chi connectivity index (χ1) is 8.52. The van der Waals surface area contributed by atoms with Gasteiger partial charge in [0.15, 0.2) is 0 Å². The van der Waals surface area contributed by atoms with E-state index in [9.17, 15) is 4.79 Å². The maximum atomic E-state index is 10.8. The van der Waals surface area contributed by atoms with E-state index in [0.29, 0.717) is 11.4 Å². The minimum absolute atomic E-state index is 0.570. The summed E-state index contributed by atoms with van der Waals surface area (Å²) >= 11 is 6.96. The topological polar surface area (TPSA) is 40.5 Å². The molecule has 1 aromatic rings. The van der Waals surface area contributed by atoms with Crippen LogP contribution in [0.5, 0.6) is 0 Å². The Hall–Kier alpha value is -1.07. The third-order valence-corrected chi connectivity index (χ3v) is 4.17. The Morgan fingerprint density at radius 3 is 2.61 bits per heavy atom. The molecule has 98 valence electrons. The van der Waals surface area contributed by atoms with Crippen molar-refractivity contribution in [3.8, 4) is 0 Å². The third kappa shape index (κ3) is 4.66. The second kappa shape index (κ2) is 7.38. The van der Waals surface area contributed by atoms with Gasteiger partial charge in [-0.15, -0.1) is 11.8 Å². The molecule has 1 rings (SSSR count). The number of benzene rings is 1. The Balaban J connectivity index is 2.35. The van der Waals surface area contributed by atoms with Crippen molar-refractivity contribution >= 4 is 34.9 Å². The average Bonchev–Trinajstić information content (AvgIpc) is 2.38. The number of aliphatic carboxylic acids is 1. The molecule has 0 fully saturated rings. The maximum absolute atomic E-state index is 10.8. The van der Waals surface area contributed by atoms with E-state index in [1.54, 1.807) is 30.6 Å². The van der Waals surface area contributed by atoms with Crippen molar-refractivity contribution in [3.63, 3.8) is 0 Å². The molecule has 1 N–H and O–H groups in total. The van der Waals surface area contributed by atoms with Crippen LogP contribution in [0.15, 0.2) is 35.2 Å². The van der Waals surface area contributed by atoms with E-state index in [0.717, 1.165) is 5.75 Å². The predicted octanol–water partition coefficient (Wildman–Crippen LogP) is 2.90. The number of nitrogens with zero attached hydrogens (tertiary/aromatic N) is 1. The van der Waals surface area contributed by atoms with E-state index in [2.05, 4.69) is 12.1 Å². The van der Waals surface area contributed by atoms with Gasteiger partial charge in [0.1, 0.15) is 6.04 Å². The molecule has 1 aromatic carbocycles. The van der Waals surface area contributed by atoms with Crippen LogP contribution in [0.1, 0.15) is 13.3 Å². The zero-order chi connectivity index (χ0) is 13.5. The second-order valence-electron chi connectivity index (χ2n) is 3.93. The fourth-order valence-corrected chi connectivity index (χ4v) is 2.60.